The summed E-state index contributed by atoms with van der Waals surface area (Å²) >= 11 is 0. The summed E-state index contributed by atoms with van der Waals surface area (Å²) in [5.41, 5.74) is 6.06. The molecular formula is C31H33N3O3. The smallest absolute Gasteiger partial charge is 0.338 e. The highest BCUT2D eigenvalue weighted by Gasteiger charge is 2.29. The number of benzene rings is 3. The van der Waals surface area contributed by atoms with Gasteiger partial charge in [0, 0.05) is 23.8 Å². The largest absolute Gasteiger partial charge is 0.462 e. The number of amides is 1. The van der Waals surface area contributed by atoms with Crippen molar-refractivity contribution in [3.63, 3.8) is 0 Å². The van der Waals surface area contributed by atoms with Crippen LogP contribution >= 0.6 is 0 Å². The lowest BCUT2D eigenvalue weighted by atomic mass is 9.95. The van der Waals surface area contributed by atoms with Crippen LogP contribution in [0.3, 0.4) is 0 Å². The number of fused-ring (bicyclic) bond motifs is 1. The van der Waals surface area contributed by atoms with Gasteiger partial charge in [-0.1, -0.05) is 67.8 Å². The first-order chi connectivity index (χ1) is 18.1. The number of ether oxygens (including phenoxy) is 1. The minimum Gasteiger partial charge on any atom is -0.462 e. The van der Waals surface area contributed by atoms with E-state index >= 15 is 0 Å². The first kappa shape index (κ1) is 24.8. The molecule has 0 aromatic heterocycles. The van der Waals surface area contributed by atoms with E-state index < -0.39 is 5.97 Å². The van der Waals surface area contributed by atoms with Gasteiger partial charge in [0.1, 0.15) is 0 Å². The Hall–Kier alpha value is -3.90. The molecule has 3 aromatic carbocycles. The number of hydrogen-bond acceptors (Lipinski definition) is 5. The van der Waals surface area contributed by atoms with Gasteiger partial charge in [0.25, 0.3) is 5.91 Å². The second kappa shape index (κ2) is 11.4. The first-order valence-corrected chi connectivity index (χ1v) is 13.1. The quantitative estimate of drug-likeness (QED) is 0.255. The molecule has 1 aliphatic carbocycles. The van der Waals surface area contributed by atoms with Crippen LogP contribution < -0.4 is 16.0 Å². The van der Waals surface area contributed by atoms with Crippen LogP contribution in [0.25, 0.3) is 11.3 Å². The molecule has 3 aromatic rings. The van der Waals surface area contributed by atoms with Crippen LogP contribution in [0.15, 0.2) is 72.8 Å². The van der Waals surface area contributed by atoms with Crippen molar-refractivity contribution in [2.45, 2.75) is 51.6 Å². The van der Waals surface area contributed by atoms with Gasteiger partial charge in [-0.25, -0.2) is 4.79 Å². The van der Waals surface area contributed by atoms with Crippen molar-refractivity contribution in [2.24, 2.45) is 0 Å². The van der Waals surface area contributed by atoms with Crippen LogP contribution in [0.1, 0.15) is 66.1 Å². The van der Waals surface area contributed by atoms with Crippen LogP contribution in [0.2, 0.25) is 0 Å². The molecule has 1 fully saturated rings. The number of carbonyl (C=O) groups excluding carboxylic acids is 2. The van der Waals surface area contributed by atoms with Gasteiger partial charge >= 0.3 is 5.97 Å². The van der Waals surface area contributed by atoms with Gasteiger partial charge in [-0.3, -0.25) is 4.79 Å². The summed E-state index contributed by atoms with van der Waals surface area (Å²) in [5, 5.41) is 10.1. The summed E-state index contributed by atoms with van der Waals surface area (Å²) in [5.74, 6) is -0.618. The zero-order valence-corrected chi connectivity index (χ0v) is 21.2. The Morgan fingerprint density at radius 1 is 0.946 bits per heavy atom. The minimum atomic E-state index is -0.406. The molecule has 0 radical (unpaired) electrons. The Labute approximate surface area is 218 Å². The third-order valence-electron chi connectivity index (χ3n) is 7.01. The van der Waals surface area contributed by atoms with Gasteiger partial charge in [0.15, 0.2) is 0 Å². The Morgan fingerprint density at radius 2 is 1.70 bits per heavy atom. The maximum Gasteiger partial charge on any atom is 0.338 e. The third kappa shape index (κ3) is 5.75. The first-order valence-electron chi connectivity index (χ1n) is 13.1. The summed E-state index contributed by atoms with van der Waals surface area (Å²) in [6.07, 6.45) is 6.51. The standard InChI is InChI=1S/C31H33N3O3/c1-2-37-31(36)23-15-18-26-27(19-23)34-30(35)28(26)29(22-9-5-3-6-10-22)33-25-16-13-21(14-17-25)20-32-24-11-7-4-8-12-24/h3,5-6,9-10,13-19,24,32-33H,2,4,7-8,11-12,20H2,1H3,(H,34,35)/b29-28-. The Balaban J connectivity index is 1.42. The number of carbonyl (C=O) groups is 2. The van der Waals surface area contributed by atoms with Gasteiger partial charge in [-0.2, -0.15) is 0 Å². The van der Waals surface area contributed by atoms with E-state index in [0.717, 1.165) is 23.4 Å². The van der Waals surface area contributed by atoms with E-state index in [2.05, 4.69) is 40.2 Å². The predicted octanol–water partition coefficient (Wildman–Crippen LogP) is 6.22. The minimum absolute atomic E-state index is 0.212. The van der Waals surface area contributed by atoms with Crippen LogP contribution in [0.5, 0.6) is 0 Å². The van der Waals surface area contributed by atoms with E-state index in [1.54, 1.807) is 25.1 Å². The zero-order chi connectivity index (χ0) is 25.6. The summed E-state index contributed by atoms with van der Waals surface area (Å²) in [6, 6.07) is 24.0. The molecule has 0 atom stereocenters. The second-order valence-corrected chi connectivity index (χ2v) is 9.59. The number of rotatable bonds is 8. The average Bonchev–Trinajstić information content (AvgIpc) is 3.27. The fourth-order valence-corrected chi connectivity index (χ4v) is 5.07. The van der Waals surface area contributed by atoms with Crippen molar-refractivity contribution in [1.82, 2.24) is 5.32 Å². The van der Waals surface area contributed by atoms with E-state index in [4.69, 9.17) is 4.74 Å². The topological polar surface area (TPSA) is 79.5 Å². The van der Waals surface area contributed by atoms with Crippen molar-refractivity contribution >= 4 is 34.5 Å². The highest BCUT2D eigenvalue weighted by molar-refractivity contribution is 6.37. The van der Waals surface area contributed by atoms with Crippen LogP contribution in [-0.4, -0.2) is 24.5 Å². The Morgan fingerprint density at radius 3 is 2.43 bits per heavy atom. The summed E-state index contributed by atoms with van der Waals surface area (Å²) < 4.78 is 5.12. The maximum atomic E-state index is 13.2. The molecule has 0 bridgehead atoms. The van der Waals surface area contributed by atoms with Gasteiger partial charge in [-0.05, 0) is 55.2 Å². The lowest BCUT2D eigenvalue weighted by molar-refractivity contribution is -0.110. The van der Waals surface area contributed by atoms with Crippen molar-refractivity contribution in [3.05, 3.63) is 95.1 Å². The van der Waals surface area contributed by atoms with Crippen molar-refractivity contribution in [3.8, 4) is 0 Å². The highest BCUT2D eigenvalue weighted by Crippen LogP contribution is 2.38. The van der Waals surface area contributed by atoms with Crippen molar-refractivity contribution in [2.75, 3.05) is 17.2 Å². The molecule has 190 valence electrons. The molecule has 3 N–H and O–H groups in total. The zero-order valence-electron chi connectivity index (χ0n) is 21.2. The van der Waals surface area contributed by atoms with E-state index in [9.17, 15) is 9.59 Å². The molecule has 0 spiro atoms. The van der Waals surface area contributed by atoms with Crippen molar-refractivity contribution in [1.29, 1.82) is 0 Å². The molecule has 6 heteroatoms. The molecule has 1 amide bonds. The fraction of sp³-hybridized carbons (Fsp3) is 0.290. The maximum absolute atomic E-state index is 13.2. The SMILES string of the molecule is CCOC(=O)c1ccc2c(c1)NC(=O)/C2=C(\Nc1ccc(CNC2CCCCC2)cc1)c1ccccc1. The summed E-state index contributed by atoms with van der Waals surface area (Å²) in [6.45, 7) is 2.92. The number of nitrogens with one attached hydrogen (secondary N) is 3. The molecule has 6 nitrogen and oxygen atoms in total. The third-order valence-corrected chi connectivity index (χ3v) is 7.01. The average molecular weight is 496 g/mol. The molecule has 1 aliphatic heterocycles. The molecule has 1 saturated carbocycles. The second-order valence-electron chi connectivity index (χ2n) is 9.59. The molecule has 0 saturated heterocycles. The predicted molar refractivity (Wildman–Crippen MR) is 148 cm³/mol. The lowest BCUT2D eigenvalue weighted by Crippen LogP contribution is -2.30. The van der Waals surface area contributed by atoms with E-state index in [1.807, 2.05) is 30.3 Å². The van der Waals surface area contributed by atoms with E-state index in [0.29, 0.717) is 35.2 Å². The van der Waals surface area contributed by atoms with Crippen LogP contribution in [0.4, 0.5) is 11.4 Å². The fourth-order valence-electron chi connectivity index (χ4n) is 5.07. The Kier molecular flexibility index (Phi) is 7.66. The highest BCUT2D eigenvalue weighted by atomic mass is 16.5. The molecule has 0 unspecified atom stereocenters. The van der Waals surface area contributed by atoms with E-state index in [1.165, 1.54) is 37.7 Å². The monoisotopic (exact) mass is 495 g/mol. The Bertz CT molecular complexity index is 1290. The van der Waals surface area contributed by atoms with Crippen molar-refractivity contribution < 1.29 is 14.3 Å². The van der Waals surface area contributed by atoms with E-state index in [-0.39, 0.29) is 5.91 Å². The summed E-state index contributed by atoms with van der Waals surface area (Å²) in [4.78, 5) is 25.4. The van der Waals surface area contributed by atoms with Gasteiger partial charge in [0.2, 0.25) is 0 Å². The van der Waals surface area contributed by atoms with Crippen LogP contribution in [-0.2, 0) is 16.1 Å². The molecular weight excluding hydrogens is 462 g/mol. The molecule has 2 aliphatic rings. The lowest BCUT2D eigenvalue weighted by Gasteiger charge is -2.23. The number of esters is 1. The molecule has 1 heterocycles. The van der Waals surface area contributed by atoms with Gasteiger partial charge in [0.05, 0.1) is 29.1 Å². The van der Waals surface area contributed by atoms with Crippen LogP contribution in [0, 0.1) is 0 Å². The number of anilines is 2. The van der Waals surface area contributed by atoms with Gasteiger partial charge < -0.3 is 20.7 Å². The van der Waals surface area contributed by atoms with Gasteiger partial charge in [-0.15, -0.1) is 0 Å². The summed E-state index contributed by atoms with van der Waals surface area (Å²) in [7, 11) is 0. The molecule has 37 heavy (non-hydrogen) atoms. The molecule has 5 rings (SSSR count). The number of hydrogen-bond donors (Lipinski definition) is 3. The normalized spacial score (nSPS) is 16.6.